The van der Waals surface area contributed by atoms with Crippen LogP contribution in [0.3, 0.4) is 0 Å². The van der Waals surface area contributed by atoms with Crippen molar-refractivity contribution < 1.29 is 4.79 Å². The maximum Gasteiger partial charge on any atom is 0.254 e. The highest BCUT2D eigenvalue weighted by molar-refractivity contribution is 5.94. The van der Waals surface area contributed by atoms with Crippen LogP contribution >= 0.6 is 0 Å². The summed E-state index contributed by atoms with van der Waals surface area (Å²) in [6.45, 7) is 2.34. The Morgan fingerprint density at radius 2 is 2.64 bits per heavy atom. The van der Waals surface area contributed by atoms with Crippen LogP contribution in [-0.4, -0.2) is 29.2 Å². The fourth-order valence-corrected chi connectivity index (χ4v) is 0.939. The van der Waals surface area contributed by atoms with E-state index in [0.29, 0.717) is 17.8 Å². The zero-order valence-electron chi connectivity index (χ0n) is 7.69. The number of hydrogen-bond donors (Lipinski definition) is 2. The molecular weight excluding hydrogens is 184 g/mol. The van der Waals surface area contributed by atoms with Crippen molar-refractivity contribution in [3.63, 3.8) is 0 Å². The van der Waals surface area contributed by atoms with Gasteiger partial charge in [0.2, 0.25) is 0 Å². The standard InChI is InChI=1S/C7H10N6O/c1-5-6(4-11-12-5)7(14)9-2-3-10-13-8/h4H,2-3H2,1H3,(H,9,14)(H,11,12). The van der Waals surface area contributed by atoms with Gasteiger partial charge in [-0.3, -0.25) is 9.89 Å². The zero-order valence-corrected chi connectivity index (χ0v) is 7.69. The Morgan fingerprint density at radius 3 is 3.21 bits per heavy atom. The second-order valence-electron chi connectivity index (χ2n) is 2.62. The van der Waals surface area contributed by atoms with Gasteiger partial charge < -0.3 is 5.32 Å². The third kappa shape index (κ3) is 2.49. The van der Waals surface area contributed by atoms with Crippen LogP contribution in [-0.2, 0) is 0 Å². The van der Waals surface area contributed by atoms with Crippen molar-refractivity contribution in [3.05, 3.63) is 27.9 Å². The maximum atomic E-state index is 11.4. The SMILES string of the molecule is Cc1[nH]ncc1C(=O)NCCN=[N+]=[N-]. The maximum absolute atomic E-state index is 11.4. The van der Waals surface area contributed by atoms with Crippen LogP contribution in [0, 0.1) is 6.92 Å². The molecule has 0 unspecified atom stereocenters. The summed E-state index contributed by atoms with van der Waals surface area (Å²) in [7, 11) is 0. The number of rotatable bonds is 4. The first kappa shape index (κ1) is 10.1. The van der Waals surface area contributed by atoms with Gasteiger partial charge in [-0.1, -0.05) is 5.11 Å². The average molecular weight is 194 g/mol. The van der Waals surface area contributed by atoms with Crippen LogP contribution < -0.4 is 5.32 Å². The molecule has 1 heterocycles. The van der Waals surface area contributed by atoms with Gasteiger partial charge in [0.1, 0.15) is 0 Å². The lowest BCUT2D eigenvalue weighted by atomic mass is 10.2. The second-order valence-corrected chi connectivity index (χ2v) is 2.62. The third-order valence-corrected chi connectivity index (χ3v) is 1.64. The molecule has 1 rings (SSSR count). The molecule has 0 bridgehead atoms. The van der Waals surface area contributed by atoms with Gasteiger partial charge >= 0.3 is 0 Å². The van der Waals surface area contributed by atoms with E-state index in [1.165, 1.54) is 6.20 Å². The van der Waals surface area contributed by atoms with Gasteiger partial charge in [0.25, 0.3) is 5.91 Å². The summed E-state index contributed by atoms with van der Waals surface area (Å²) in [4.78, 5) is 14.0. The van der Waals surface area contributed by atoms with E-state index in [1.807, 2.05) is 0 Å². The van der Waals surface area contributed by atoms with Crippen molar-refractivity contribution >= 4 is 5.91 Å². The Labute approximate surface area is 80.1 Å². The molecule has 74 valence electrons. The lowest BCUT2D eigenvalue weighted by molar-refractivity contribution is 0.0954. The number of hydrogen-bond acceptors (Lipinski definition) is 3. The highest BCUT2D eigenvalue weighted by atomic mass is 16.1. The fourth-order valence-electron chi connectivity index (χ4n) is 0.939. The first-order valence-corrected chi connectivity index (χ1v) is 4.04. The molecule has 7 heteroatoms. The Bertz CT molecular complexity index is 364. The number of aromatic amines is 1. The summed E-state index contributed by atoms with van der Waals surface area (Å²) >= 11 is 0. The van der Waals surface area contributed by atoms with Crippen molar-refractivity contribution in [1.29, 1.82) is 0 Å². The topological polar surface area (TPSA) is 107 Å². The van der Waals surface area contributed by atoms with Crippen molar-refractivity contribution in [2.75, 3.05) is 13.1 Å². The molecule has 0 aromatic carbocycles. The van der Waals surface area contributed by atoms with Crippen molar-refractivity contribution in [2.24, 2.45) is 5.11 Å². The lowest BCUT2D eigenvalue weighted by Gasteiger charge is -2.00. The molecule has 0 aliphatic carbocycles. The van der Waals surface area contributed by atoms with E-state index < -0.39 is 0 Å². The Hall–Kier alpha value is -2.01. The highest BCUT2D eigenvalue weighted by Gasteiger charge is 2.08. The predicted octanol–water partition coefficient (Wildman–Crippen LogP) is 0.758. The number of nitrogens with zero attached hydrogens (tertiary/aromatic N) is 4. The van der Waals surface area contributed by atoms with Crippen molar-refractivity contribution in [3.8, 4) is 0 Å². The molecule has 1 aromatic rings. The number of amides is 1. The summed E-state index contributed by atoms with van der Waals surface area (Å²) in [5, 5.41) is 12.3. The van der Waals surface area contributed by atoms with E-state index in [0.717, 1.165) is 0 Å². The van der Waals surface area contributed by atoms with Gasteiger partial charge in [-0.15, -0.1) is 0 Å². The van der Waals surface area contributed by atoms with Crippen LogP contribution in [0.4, 0.5) is 0 Å². The number of aryl methyl sites for hydroxylation is 1. The molecule has 0 saturated heterocycles. The Balaban J connectivity index is 2.43. The molecule has 0 fully saturated rings. The largest absolute Gasteiger partial charge is 0.352 e. The molecule has 2 N–H and O–H groups in total. The lowest BCUT2D eigenvalue weighted by Crippen LogP contribution is -2.26. The molecule has 0 aliphatic heterocycles. The van der Waals surface area contributed by atoms with Gasteiger partial charge in [-0.25, -0.2) is 0 Å². The van der Waals surface area contributed by atoms with Crippen LogP contribution in [0.1, 0.15) is 16.1 Å². The van der Waals surface area contributed by atoms with Gasteiger partial charge in [0, 0.05) is 23.7 Å². The molecule has 0 radical (unpaired) electrons. The highest BCUT2D eigenvalue weighted by Crippen LogP contribution is 2.01. The summed E-state index contributed by atoms with van der Waals surface area (Å²) in [6.07, 6.45) is 1.46. The monoisotopic (exact) mass is 194 g/mol. The minimum absolute atomic E-state index is 0.218. The van der Waals surface area contributed by atoms with E-state index >= 15 is 0 Å². The number of carbonyl (C=O) groups excluding carboxylic acids is 1. The molecule has 0 atom stereocenters. The summed E-state index contributed by atoms with van der Waals surface area (Å²) in [6, 6.07) is 0. The van der Waals surface area contributed by atoms with Crippen molar-refractivity contribution in [2.45, 2.75) is 6.92 Å². The molecule has 14 heavy (non-hydrogen) atoms. The molecule has 0 aliphatic rings. The van der Waals surface area contributed by atoms with E-state index in [2.05, 4.69) is 25.5 Å². The van der Waals surface area contributed by atoms with E-state index in [4.69, 9.17) is 5.53 Å². The van der Waals surface area contributed by atoms with Crippen molar-refractivity contribution in [1.82, 2.24) is 15.5 Å². The van der Waals surface area contributed by atoms with Crippen LogP contribution in [0.15, 0.2) is 11.3 Å². The molecule has 7 nitrogen and oxygen atoms in total. The number of carbonyl (C=O) groups is 1. The predicted molar refractivity (Wildman–Crippen MR) is 49.7 cm³/mol. The van der Waals surface area contributed by atoms with Crippen LogP contribution in [0.2, 0.25) is 0 Å². The third-order valence-electron chi connectivity index (χ3n) is 1.64. The van der Waals surface area contributed by atoms with E-state index in [9.17, 15) is 4.79 Å². The van der Waals surface area contributed by atoms with Gasteiger partial charge in [0.05, 0.1) is 11.8 Å². The normalized spacial score (nSPS) is 9.21. The molecular formula is C7H10N6O. The number of aromatic nitrogens is 2. The van der Waals surface area contributed by atoms with Crippen LogP contribution in [0.25, 0.3) is 10.4 Å². The minimum Gasteiger partial charge on any atom is -0.352 e. The molecule has 0 saturated carbocycles. The number of H-pyrrole nitrogens is 1. The summed E-state index contributed by atoms with van der Waals surface area (Å²) < 4.78 is 0. The molecule has 1 aromatic heterocycles. The minimum atomic E-state index is -0.218. The molecule has 1 amide bonds. The van der Waals surface area contributed by atoms with E-state index in [1.54, 1.807) is 6.92 Å². The number of azide groups is 1. The Kier molecular flexibility index (Phi) is 3.51. The van der Waals surface area contributed by atoms with Crippen LogP contribution in [0.5, 0.6) is 0 Å². The summed E-state index contributed by atoms with van der Waals surface area (Å²) in [5.74, 6) is -0.218. The van der Waals surface area contributed by atoms with E-state index in [-0.39, 0.29) is 12.5 Å². The van der Waals surface area contributed by atoms with Gasteiger partial charge in [-0.05, 0) is 12.5 Å². The first-order chi connectivity index (χ1) is 6.75. The first-order valence-electron chi connectivity index (χ1n) is 4.04. The Morgan fingerprint density at radius 1 is 1.86 bits per heavy atom. The zero-order chi connectivity index (χ0) is 10.4. The van der Waals surface area contributed by atoms with Gasteiger partial charge in [0.15, 0.2) is 0 Å². The quantitative estimate of drug-likeness (QED) is 0.319. The summed E-state index contributed by atoms with van der Waals surface area (Å²) in [5.41, 5.74) is 9.21. The van der Waals surface area contributed by atoms with Gasteiger partial charge in [-0.2, -0.15) is 5.10 Å². The average Bonchev–Trinajstić information content (AvgIpc) is 2.59. The smallest absolute Gasteiger partial charge is 0.254 e. The fraction of sp³-hybridized carbons (Fsp3) is 0.429. The second kappa shape index (κ2) is 4.88. The molecule has 0 spiro atoms. The number of nitrogens with one attached hydrogen (secondary N) is 2.